The second kappa shape index (κ2) is 6.04. The van der Waals surface area contributed by atoms with E-state index in [2.05, 4.69) is 15.5 Å². The maximum atomic E-state index is 13.0. The number of nitrogens with zero attached hydrogens (tertiary/aromatic N) is 1. The van der Waals surface area contributed by atoms with Crippen LogP contribution in [-0.4, -0.2) is 16.1 Å². The third-order valence-electron chi connectivity index (χ3n) is 3.44. The van der Waals surface area contributed by atoms with Crippen LogP contribution in [0.2, 0.25) is 0 Å². The van der Waals surface area contributed by atoms with Gasteiger partial charge >= 0.3 is 0 Å². The molecule has 1 aromatic heterocycles. The number of anilines is 1. The smallest absolute Gasteiger partial charge is 0.273 e. The molecule has 0 aliphatic heterocycles. The number of H-pyrrole nitrogens is 1. The number of nitrogens with one attached hydrogen (secondary N) is 2. The fourth-order valence-electron chi connectivity index (χ4n) is 2.45. The van der Waals surface area contributed by atoms with Gasteiger partial charge in [0.2, 0.25) is 0 Å². The third kappa shape index (κ3) is 3.45. The number of carbonyl (C=O) groups is 1. The molecule has 0 unspecified atom stereocenters. The summed E-state index contributed by atoms with van der Waals surface area (Å²) in [5.74, 6) is -0.576. The summed E-state index contributed by atoms with van der Waals surface area (Å²) in [6, 6.07) is 13.5. The summed E-state index contributed by atoms with van der Waals surface area (Å²) in [5, 5.41) is 9.66. The minimum absolute atomic E-state index is 0.268. The Hall–Kier alpha value is -2.95. The molecule has 0 spiro atoms. The topological polar surface area (TPSA) is 57.8 Å². The summed E-state index contributed by atoms with van der Waals surface area (Å²) in [6.07, 6.45) is 0. The highest BCUT2D eigenvalue weighted by atomic mass is 19.1. The largest absolute Gasteiger partial charge is 0.321 e. The maximum absolute atomic E-state index is 13.0. The van der Waals surface area contributed by atoms with Gasteiger partial charge in [-0.2, -0.15) is 5.10 Å². The fraction of sp³-hybridized carbons (Fsp3) is 0.111. The van der Waals surface area contributed by atoms with E-state index >= 15 is 0 Å². The molecule has 4 nitrogen and oxygen atoms in total. The number of amides is 1. The Balaban J connectivity index is 1.79. The molecule has 1 amide bonds. The molecule has 5 heteroatoms. The normalized spacial score (nSPS) is 10.6. The molecule has 23 heavy (non-hydrogen) atoms. The molecule has 0 atom stereocenters. The molecule has 0 aliphatic carbocycles. The molecule has 0 saturated carbocycles. The van der Waals surface area contributed by atoms with Crippen molar-refractivity contribution in [2.24, 2.45) is 0 Å². The summed E-state index contributed by atoms with van der Waals surface area (Å²) in [4.78, 5) is 12.3. The first-order valence-corrected chi connectivity index (χ1v) is 7.22. The number of hydrogen-bond acceptors (Lipinski definition) is 2. The highest BCUT2D eigenvalue weighted by molar-refractivity contribution is 6.03. The Morgan fingerprint density at radius 1 is 1.04 bits per heavy atom. The van der Waals surface area contributed by atoms with Crippen molar-refractivity contribution in [1.82, 2.24) is 10.2 Å². The molecule has 0 saturated heterocycles. The average molecular weight is 309 g/mol. The quantitative estimate of drug-likeness (QED) is 0.765. The van der Waals surface area contributed by atoms with Crippen LogP contribution in [0, 0.1) is 19.7 Å². The molecule has 0 aliphatic rings. The van der Waals surface area contributed by atoms with Crippen molar-refractivity contribution in [3.05, 3.63) is 71.2 Å². The first-order valence-electron chi connectivity index (χ1n) is 7.22. The van der Waals surface area contributed by atoms with E-state index in [1.165, 1.54) is 12.1 Å². The molecule has 2 aromatic carbocycles. The zero-order chi connectivity index (χ0) is 16.4. The van der Waals surface area contributed by atoms with Crippen LogP contribution in [-0.2, 0) is 0 Å². The highest BCUT2D eigenvalue weighted by Crippen LogP contribution is 2.19. The Bertz CT molecular complexity index is 833. The first kappa shape index (κ1) is 15.0. The number of hydrogen-bond donors (Lipinski definition) is 2. The lowest BCUT2D eigenvalue weighted by Gasteiger charge is -2.06. The van der Waals surface area contributed by atoms with Gasteiger partial charge in [0.25, 0.3) is 5.91 Å². The number of carbonyl (C=O) groups excluding carboxylic acids is 1. The van der Waals surface area contributed by atoms with Gasteiger partial charge in [-0.25, -0.2) is 4.39 Å². The van der Waals surface area contributed by atoms with Crippen LogP contribution in [0.5, 0.6) is 0 Å². The predicted octanol–water partition coefficient (Wildman–Crippen LogP) is 4.08. The first-order chi connectivity index (χ1) is 11.0. The van der Waals surface area contributed by atoms with Gasteiger partial charge in [-0.3, -0.25) is 9.89 Å². The van der Waals surface area contributed by atoms with E-state index in [0.717, 1.165) is 22.4 Å². The summed E-state index contributed by atoms with van der Waals surface area (Å²) < 4.78 is 13.0. The molecule has 116 valence electrons. The lowest BCUT2D eigenvalue weighted by Crippen LogP contribution is -2.12. The van der Waals surface area contributed by atoms with E-state index in [4.69, 9.17) is 0 Å². The third-order valence-corrected chi connectivity index (χ3v) is 3.44. The summed E-state index contributed by atoms with van der Waals surface area (Å²) in [6.45, 7) is 3.96. The van der Waals surface area contributed by atoms with E-state index in [9.17, 15) is 9.18 Å². The van der Waals surface area contributed by atoms with Gasteiger partial charge in [0.1, 0.15) is 11.5 Å². The lowest BCUT2D eigenvalue weighted by molar-refractivity contribution is 0.102. The Labute approximate surface area is 133 Å². The van der Waals surface area contributed by atoms with E-state index in [1.54, 1.807) is 18.2 Å². The monoisotopic (exact) mass is 309 g/mol. The molecular formula is C18H16FN3O. The van der Waals surface area contributed by atoms with Gasteiger partial charge in [-0.15, -0.1) is 0 Å². The SMILES string of the molecule is Cc1cc(C)cc(NC(=O)c2cc(-c3ccc(F)cc3)n[nH]2)c1. The van der Waals surface area contributed by atoms with Gasteiger partial charge in [-0.05, 0) is 67.4 Å². The zero-order valence-corrected chi connectivity index (χ0v) is 12.9. The summed E-state index contributed by atoms with van der Waals surface area (Å²) in [7, 11) is 0. The van der Waals surface area contributed by atoms with Crippen LogP contribution in [0.4, 0.5) is 10.1 Å². The molecule has 2 N–H and O–H groups in total. The van der Waals surface area contributed by atoms with Crippen molar-refractivity contribution in [1.29, 1.82) is 0 Å². The van der Waals surface area contributed by atoms with Crippen molar-refractivity contribution in [3.8, 4) is 11.3 Å². The van der Waals surface area contributed by atoms with E-state index in [-0.39, 0.29) is 11.7 Å². The minimum atomic E-state index is -0.308. The molecular weight excluding hydrogens is 293 g/mol. The number of aryl methyl sites for hydroxylation is 2. The van der Waals surface area contributed by atoms with Crippen molar-refractivity contribution in [2.45, 2.75) is 13.8 Å². The number of benzene rings is 2. The van der Waals surface area contributed by atoms with Crippen molar-refractivity contribution in [2.75, 3.05) is 5.32 Å². The Morgan fingerprint density at radius 3 is 2.35 bits per heavy atom. The molecule has 0 fully saturated rings. The molecule has 0 radical (unpaired) electrons. The van der Waals surface area contributed by atoms with Crippen molar-refractivity contribution in [3.63, 3.8) is 0 Å². The molecule has 3 aromatic rings. The zero-order valence-electron chi connectivity index (χ0n) is 12.9. The highest BCUT2D eigenvalue weighted by Gasteiger charge is 2.11. The number of halogens is 1. The maximum Gasteiger partial charge on any atom is 0.273 e. The molecule has 1 heterocycles. The van der Waals surface area contributed by atoms with Gasteiger partial charge in [0.05, 0.1) is 5.69 Å². The Kier molecular flexibility index (Phi) is 3.93. The number of aromatic nitrogens is 2. The predicted molar refractivity (Wildman–Crippen MR) is 87.9 cm³/mol. The van der Waals surface area contributed by atoms with E-state index < -0.39 is 0 Å². The van der Waals surface area contributed by atoms with E-state index in [0.29, 0.717) is 11.4 Å². The molecule has 3 rings (SSSR count). The summed E-state index contributed by atoms with van der Waals surface area (Å²) in [5.41, 5.74) is 4.59. The second-order valence-corrected chi connectivity index (χ2v) is 5.50. The lowest BCUT2D eigenvalue weighted by atomic mass is 10.1. The number of rotatable bonds is 3. The fourth-order valence-corrected chi connectivity index (χ4v) is 2.45. The van der Waals surface area contributed by atoms with Crippen LogP contribution in [0.1, 0.15) is 21.6 Å². The summed E-state index contributed by atoms with van der Waals surface area (Å²) >= 11 is 0. The standard InChI is InChI=1S/C18H16FN3O/c1-11-7-12(2)9-15(8-11)20-18(23)17-10-16(21-22-17)13-3-5-14(19)6-4-13/h3-10H,1-2H3,(H,20,23)(H,21,22). The van der Waals surface area contributed by atoms with Crippen LogP contribution in [0.3, 0.4) is 0 Å². The average Bonchev–Trinajstić information content (AvgIpc) is 2.97. The van der Waals surface area contributed by atoms with Crippen LogP contribution >= 0.6 is 0 Å². The number of aromatic amines is 1. The van der Waals surface area contributed by atoms with Crippen LogP contribution < -0.4 is 5.32 Å². The molecule has 0 bridgehead atoms. The Morgan fingerprint density at radius 2 is 1.70 bits per heavy atom. The van der Waals surface area contributed by atoms with Gasteiger partial charge in [-0.1, -0.05) is 6.07 Å². The van der Waals surface area contributed by atoms with Crippen molar-refractivity contribution >= 4 is 11.6 Å². The minimum Gasteiger partial charge on any atom is -0.321 e. The van der Waals surface area contributed by atoms with Crippen LogP contribution in [0.15, 0.2) is 48.5 Å². The van der Waals surface area contributed by atoms with Gasteiger partial charge < -0.3 is 5.32 Å². The van der Waals surface area contributed by atoms with Crippen molar-refractivity contribution < 1.29 is 9.18 Å². The van der Waals surface area contributed by atoms with Gasteiger partial charge in [0.15, 0.2) is 0 Å². The van der Waals surface area contributed by atoms with Crippen LogP contribution in [0.25, 0.3) is 11.3 Å². The second-order valence-electron chi connectivity index (χ2n) is 5.50. The van der Waals surface area contributed by atoms with Gasteiger partial charge in [0, 0.05) is 11.3 Å². The van der Waals surface area contributed by atoms with E-state index in [1.807, 2.05) is 32.0 Å².